The van der Waals surface area contributed by atoms with E-state index >= 15 is 0 Å². The Bertz CT molecular complexity index is 465. The van der Waals surface area contributed by atoms with Crippen LogP contribution in [0.15, 0.2) is 17.1 Å². The molecule has 0 saturated heterocycles. The second-order valence-corrected chi connectivity index (χ2v) is 4.86. The molecular weight excluding hydrogens is 222 g/mol. The Hall–Kier alpha value is -0.940. The summed E-state index contributed by atoms with van der Waals surface area (Å²) in [5.74, 6) is 0.478. The van der Waals surface area contributed by atoms with E-state index in [1.165, 1.54) is 18.9 Å². The molecule has 1 aromatic rings. The monoisotopic (exact) mass is 239 g/mol. The van der Waals surface area contributed by atoms with Crippen LogP contribution in [0.3, 0.4) is 0 Å². The number of H-pyrrole nitrogens is 1. The van der Waals surface area contributed by atoms with Crippen LogP contribution >= 0.6 is 12.2 Å². The third kappa shape index (κ3) is 2.59. The Morgan fingerprint density at radius 2 is 2.25 bits per heavy atom. The summed E-state index contributed by atoms with van der Waals surface area (Å²) in [5.41, 5.74) is 5.94. The van der Waals surface area contributed by atoms with Crippen LogP contribution in [-0.2, 0) is 6.54 Å². The van der Waals surface area contributed by atoms with Crippen molar-refractivity contribution >= 4 is 12.2 Å². The van der Waals surface area contributed by atoms with Crippen molar-refractivity contribution in [3.05, 3.63) is 27.4 Å². The highest BCUT2D eigenvalue weighted by Gasteiger charge is 2.21. The summed E-state index contributed by atoms with van der Waals surface area (Å²) in [6.07, 6.45) is 6.48. The Kier molecular flexibility index (Phi) is 3.56. The van der Waals surface area contributed by atoms with Crippen LogP contribution in [0.4, 0.5) is 0 Å². The molecule has 1 aliphatic rings. The van der Waals surface area contributed by atoms with Crippen LogP contribution in [0.5, 0.6) is 0 Å². The van der Waals surface area contributed by atoms with E-state index in [1.807, 2.05) is 4.57 Å². The molecule has 1 heterocycles. The highest BCUT2D eigenvalue weighted by Crippen LogP contribution is 2.24. The SMILES string of the molecule is NC1CCCCC1Cn1ccc(=O)[nH]c1=S. The lowest BCUT2D eigenvalue weighted by Crippen LogP contribution is -2.36. The number of aromatic nitrogens is 2. The Morgan fingerprint density at radius 1 is 1.50 bits per heavy atom. The first-order chi connectivity index (χ1) is 7.66. The molecule has 0 aromatic carbocycles. The van der Waals surface area contributed by atoms with Gasteiger partial charge >= 0.3 is 0 Å². The van der Waals surface area contributed by atoms with E-state index in [2.05, 4.69) is 4.98 Å². The smallest absolute Gasteiger partial charge is 0.251 e. The van der Waals surface area contributed by atoms with Gasteiger partial charge in [-0.05, 0) is 31.0 Å². The van der Waals surface area contributed by atoms with Crippen LogP contribution in [0.2, 0.25) is 0 Å². The fourth-order valence-electron chi connectivity index (χ4n) is 2.30. The van der Waals surface area contributed by atoms with Gasteiger partial charge in [0.1, 0.15) is 0 Å². The Labute approximate surface area is 99.5 Å². The highest BCUT2D eigenvalue weighted by molar-refractivity contribution is 7.71. The maximum Gasteiger partial charge on any atom is 0.251 e. The quantitative estimate of drug-likeness (QED) is 0.767. The normalized spacial score (nSPS) is 25.6. The van der Waals surface area contributed by atoms with Gasteiger partial charge in [0.25, 0.3) is 5.56 Å². The second-order valence-electron chi connectivity index (χ2n) is 4.47. The molecule has 0 amide bonds. The lowest BCUT2D eigenvalue weighted by molar-refractivity contribution is 0.273. The van der Waals surface area contributed by atoms with E-state index in [4.69, 9.17) is 18.0 Å². The standard InChI is InChI=1S/C11H17N3OS/c12-9-4-2-1-3-8(9)7-14-6-5-10(15)13-11(14)16/h5-6,8-9H,1-4,7,12H2,(H,13,15,16). The lowest BCUT2D eigenvalue weighted by Gasteiger charge is -2.29. The highest BCUT2D eigenvalue weighted by atomic mass is 32.1. The maximum absolute atomic E-state index is 11.0. The van der Waals surface area contributed by atoms with Crippen molar-refractivity contribution in [2.45, 2.75) is 38.3 Å². The zero-order valence-corrected chi connectivity index (χ0v) is 10.0. The van der Waals surface area contributed by atoms with Gasteiger partial charge in [-0.25, -0.2) is 0 Å². The zero-order chi connectivity index (χ0) is 11.5. The molecule has 1 aliphatic carbocycles. The second kappa shape index (κ2) is 4.93. The number of aromatic amines is 1. The minimum absolute atomic E-state index is 0.144. The molecule has 1 aromatic heterocycles. The van der Waals surface area contributed by atoms with Crippen LogP contribution in [0.25, 0.3) is 0 Å². The molecule has 5 heteroatoms. The average molecular weight is 239 g/mol. The molecule has 1 saturated carbocycles. The molecule has 2 unspecified atom stereocenters. The maximum atomic E-state index is 11.0. The summed E-state index contributed by atoms with van der Waals surface area (Å²) >= 11 is 5.11. The number of hydrogen-bond acceptors (Lipinski definition) is 3. The molecule has 0 spiro atoms. The van der Waals surface area contributed by atoms with E-state index < -0.39 is 0 Å². The molecule has 0 radical (unpaired) electrons. The summed E-state index contributed by atoms with van der Waals surface area (Å²) < 4.78 is 2.40. The fraction of sp³-hybridized carbons (Fsp3) is 0.636. The zero-order valence-electron chi connectivity index (χ0n) is 9.19. The van der Waals surface area contributed by atoms with Crippen LogP contribution in [0.1, 0.15) is 25.7 Å². The summed E-state index contributed by atoms with van der Waals surface area (Å²) in [7, 11) is 0. The lowest BCUT2D eigenvalue weighted by atomic mass is 9.85. The summed E-state index contributed by atoms with van der Waals surface area (Å²) in [6, 6.07) is 1.77. The molecule has 3 N–H and O–H groups in total. The Morgan fingerprint density at radius 3 is 2.94 bits per heavy atom. The average Bonchev–Trinajstić information content (AvgIpc) is 2.25. The van der Waals surface area contributed by atoms with E-state index in [0.29, 0.717) is 10.7 Å². The molecule has 88 valence electrons. The largest absolute Gasteiger partial charge is 0.327 e. The van der Waals surface area contributed by atoms with E-state index in [1.54, 1.807) is 6.20 Å². The van der Waals surface area contributed by atoms with Gasteiger partial charge in [-0.3, -0.25) is 9.78 Å². The Balaban J connectivity index is 2.14. The van der Waals surface area contributed by atoms with Gasteiger partial charge < -0.3 is 10.3 Å². The third-order valence-electron chi connectivity index (χ3n) is 3.30. The van der Waals surface area contributed by atoms with Crippen LogP contribution in [0, 0.1) is 10.7 Å². The first-order valence-corrected chi connectivity index (χ1v) is 6.13. The molecular formula is C11H17N3OS. The molecule has 0 aliphatic heterocycles. The first-order valence-electron chi connectivity index (χ1n) is 5.72. The third-order valence-corrected chi connectivity index (χ3v) is 3.63. The number of hydrogen-bond donors (Lipinski definition) is 2. The van der Waals surface area contributed by atoms with Gasteiger partial charge in [0.2, 0.25) is 0 Å². The summed E-state index contributed by atoms with van der Waals surface area (Å²) in [4.78, 5) is 13.7. The first kappa shape index (κ1) is 11.5. The fourth-order valence-corrected chi connectivity index (χ4v) is 2.54. The number of nitrogens with two attached hydrogens (primary N) is 1. The van der Waals surface area contributed by atoms with Gasteiger partial charge in [0.15, 0.2) is 4.77 Å². The van der Waals surface area contributed by atoms with Crippen molar-refractivity contribution in [2.24, 2.45) is 11.7 Å². The number of rotatable bonds is 2. The van der Waals surface area contributed by atoms with Gasteiger partial charge in [-0.2, -0.15) is 0 Å². The van der Waals surface area contributed by atoms with Gasteiger partial charge in [-0.1, -0.05) is 12.8 Å². The van der Waals surface area contributed by atoms with E-state index in [-0.39, 0.29) is 11.6 Å². The van der Waals surface area contributed by atoms with Crippen molar-refractivity contribution in [2.75, 3.05) is 0 Å². The minimum atomic E-state index is -0.144. The molecule has 4 nitrogen and oxygen atoms in total. The van der Waals surface area contributed by atoms with Crippen LogP contribution < -0.4 is 11.3 Å². The van der Waals surface area contributed by atoms with E-state index in [0.717, 1.165) is 19.4 Å². The van der Waals surface area contributed by atoms with Gasteiger partial charge in [0.05, 0.1) is 0 Å². The van der Waals surface area contributed by atoms with Crippen molar-refractivity contribution < 1.29 is 0 Å². The van der Waals surface area contributed by atoms with Crippen LogP contribution in [-0.4, -0.2) is 15.6 Å². The van der Waals surface area contributed by atoms with Gasteiger partial charge in [0, 0.05) is 24.8 Å². The van der Waals surface area contributed by atoms with Crippen molar-refractivity contribution in [3.8, 4) is 0 Å². The molecule has 2 rings (SSSR count). The number of nitrogens with one attached hydrogen (secondary N) is 1. The number of nitrogens with zero attached hydrogens (tertiary/aromatic N) is 1. The topological polar surface area (TPSA) is 63.8 Å². The van der Waals surface area contributed by atoms with E-state index in [9.17, 15) is 4.79 Å². The minimum Gasteiger partial charge on any atom is -0.327 e. The molecule has 2 atom stereocenters. The van der Waals surface area contributed by atoms with Crippen molar-refractivity contribution in [1.82, 2.24) is 9.55 Å². The predicted octanol–water partition coefficient (Wildman–Crippen LogP) is 1.42. The van der Waals surface area contributed by atoms with Crippen molar-refractivity contribution in [3.63, 3.8) is 0 Å². The molecule has 1 fully saturated rings. The predicted molar refractivity (Wildman–Crippen MR) is 65.8 cm³/mol. The van der Waals surface area contributed by atoms with Crippen molar-refractivity contribution in [1.29, 1.82) is 0 Å². The molecule has 16 heavy (non-hydrogen) atoms. The summed E-state index contributed by atoms with van der Waals surface area (Å²) in [6.45, 7) is 0.816. The summed E-state index contributed by atoms with van der Waals surface area (Å²) in [5, 5.41) is 0. The molecule has 0 bridgehead atoms. The van der Waals surface area contributed by atoms with Gasteiger partial charge in [-0.15, -0.1) is 0 Å².